The van der Waals surface area contributed by atoms with E-state index >= 15 is 0 Å². The predicted octanol–water partition coefficient (Wildman–Crippen LogP) is 5.32. The van der Waals surface area contributed by atoms with Crippen molar-refractivity contribution in [2.75, 3.05) is 18.4 Å². The minimum Gasteiger partial charge on any atom is -0.457 e. The quantitative estimate of drug-likeness (QED) is 0.313. The Kier molecular flexibility index (Phi) is 6.01. The highest BCUT2D eigenvalue weighted by molar-refractivity contribution is 5.89. The Labute approximate surface area is 219 Å². The average molecular weight is 504 g/mol. The van der Waals surface area contributed by atoms with Gasteiger partial charge < -0.3 is 15.0 Å². The average Bonchev–Trinajstić information content (AvgIpc) is 3.42. The first-order valence-electron chi connectivity index (χ1n) is 12.3. The Balaban J connectivity index is 1.23. The molecule has 6 rings (SSSR count). The van der Waals surface area contributed by atoms with E-state index in [1.807, 2.05) is 67.7 Å². The van der Waals surface area contributed by atoms with Crippen molar-refractivity contribution >= 4 is 39.5 Å². The van der Waals surface area contributed by atoms with Gasteiger partial charge in [0, 0.05) is 37.2 Å². The Morgan fingerprint density at radius 1 is 1.13 bits per heavy atom. The molecule has 1 aliphatic rings. The number of aryl methyl sites for hydroxylation is 1. The minimum absolute atomic E-state index is 0.0576. The lowest BCUT2D eigenvalue weighted by atomic mass is 10.0. The molecule has 1 aliphatic heterocycles. The molecule has 4 aromatic heterocycles. The molecule has 9 nitrogen and oxygen atoms in total. The number of hydrogen-bond donors (Lipinski definition) is 1. The lowest BCUT2D eigenvalue weighted by molar-refractivity contribution is -0.125. The van der Waals surface area contributed by atoms with Crippen LogP contribution in [0.1, 0.15) is 17.7 Å². The summed E-state index contributed by atoms with van der Waals surface area (Å²) in [5.41, 5.74) is 6.19. The van der Waals surface area contributed by atoms with Gasteiger partial charge >= 0.3 is 0 Å². The van der Waals surface area contributed by atoms with Crippen LogP contribution in [0.5, 0.6) is 11.5 Å². The summed E-state index contributed by atoms with van der Waals surface area (Å²) in [6, 6.07) is 15.6. The van der Waals surface area contributed by atoms with Gasteiger partial charge in [-0.15, -0.1) is 0 Å². The number of rotatable bonds is 6. The molecule has 0 aliphatic carbocycles. The molecule has 0 saturated carbocycles. The standard InChI is InChI=1S/C29H25N7O2/c1-3-27(37)35-13-9-20(10-14-35)24-5-6-25-28(34-24)29(31-18-30-25)33-21-4-7-26(19(2)16-21)38-23-11-15-36-22(17-23)8-12-32-36/h3-9,11-12,15-18H,1,10,13-14H2,2H3,(H,30,31,33). The van der Waals surface area contributed by atoms with Gasteiger partial charge in [0.25, 0.3) is 0 Å². The number of pyridine rings is 2. The van der Waals surface area contributed by atoms with Gasteiger partial charge in [0.05, 0.1) is 16.7 Å². The monoisotopic (exact) mass is 503 g/mol. The molecule has 0 atom stereocenters. The lowest BCUT2D eigenvalue weighted by Crippen LogP contribution is -2.33. The van der Waals surface area contributed by atoms with Gasteiger partial charge in [-0.25, -0.2) is 19.5 Å². The summed E-state index contributed by atoms with van der Waals surface area (Å²) in [6.07, 6.45) is 9.28. The van der Waals surface area contributed by atoms with Crippen LogP contribution in [0.3, 0.4) is 0 Å². The molecule has 0 fully saturated rings. The van der Waals surface area contributed by atoms with E-state index in [4.69, 9.17) is 9.72 Å². The molecule has 1 amide bonds. The van der Waals surface area contributed by atoms with Gasteiger partial charge in [-0.2, -0.15) is 5.10 Å². The first-order chi connectivity index (χ1) is 18.6. The lowest BCUT2D eigenvalue weighted by Gasteiger charge is -2.25. The molecule has 1 N–H and O–H groups in total. The zero-order valence-corrected chi connectivity index (χ0v) is 20.8. The third-order valence-corrected chi connectivity index (χ3v) is 6.54. The smallest absolute Gasteiger partial charge is 0.246 e. The molecule has 0 bridgehead atoms. The number of hydrogen-bond acceptors (Lipinski definition) is 7. The summed E-state index contributed by atoms with van der Waals surface area (Å²) in [5, 5.41) is 7.61. The summed E-state index contributed by atoms with van der Waals surface area (Å²) < 4.78 is 7.92. The van der Waals surface area contributed by atoms with Gasteiger partial charge in [-0.1, -0.05) is 12.7 Å². The molecule has 0 saturated heterocycles. The summed E-state index contributed by atoms with van der Waals surface area (Å²) in [7, 11) is 0. The molecule has 1 aromatic carbocycles. The molecule has 188 valence electrons. The predicted molar refractivity (Wildman–Crippen MR) is 146 cm³/mol. The number of anilines is 2. The Hall–Kier alpha value is -5.05. The van der Waals surface area contributed by atoms with E-state index in [1.165, 1.54) is 12.4 Å². The van der Waals surface area contributed by atoms with E-state index in [1.54, 1.807) is 15.6 Å². The summed E-state index contributed by atoms with van der Waals surface area (Å²) in [5.74, 6) is 2.07. The van der Waals surface area contributed by atoms with Gasteiger partial charge in [-0.3, -0.25) is 4.79 Å². The van der Waals surface area contributed by atoms with E-state index in [0.717, 1.165) is 51.5 Å². The second-order valence-electron chi connectivity index (χ2n) is 9.02. The third kappa shape index (κ3) is 4.57. The SMILES string of the molecule is C=CC(=O)N1CC=C(c2ccc3ncnc(Nc4ccc(Oc5ccn6nccc6c5)c(C)c4)c3n2)CC1. The van der Waals surface area contributed by atoms with Crippen LogP contribution in [-0.2, 0) is 4.79 Å². The highest BCUT2D eigenvalue weighted by atomic mass is 16.5. The second kappa shape index (κ2) is 9.78. The van der Waals surface area contributed by atoms with Crippen molar-refractivity contribution < 1.29 is 9.53 Å². The number of amides is 1. The zero-order chi connectivity index (χ0) is 26.1. The number of nitrogens with one attached hydrogen (secondary N) is 1. The number of fused-ring (bicyclic) bond motifs is 2. The first kappa shape index (κ1) is 23.4. The largest absolute Gasteiger partial charge is 0.457 e. The van der Waals surface area contributed by atoms with E-state index < -0.39 is 0 Å². The topological polar surface area (TPSA) is 97.5 Å². The molecular weight excluding hydrogens is 478 g/mol. The maximum Gasteiger partial charge on any atom is 0.246 e. The van der Waals surface area contributed by atoms with Crippen molar-refractivity contribution in [1.82, 2.24) is 29.5 Å². The molecule has 5 heterocycles. The molecular formula is C29H25N7O2. The number of carbonyl (C=O) groups excluding carboxylic acids is 1. The van der Waals surface area contributed by atoms with Gasteiger partial charge in [-0.05, 0) is 73.0 Å². The molecule has 5 aromatic rings. The van der Waals surface area contributed by atoms with Gasteiger partial charge in [0.2, 0.25) is 5.91 Å². The van der Waals surface area contributed by atoms with E-state index in [9.17, 15) is 4.79 Å². The Morgan fingerprint density at radius 2 is 2.05 bits per heavy atom. The molecule has 38 heavy (non-hydrogen) atoms. The number of carbonyl (C=O) groups is 1. The van der Waals surface area contributed by atoms with E-state index in [-0.39, 0.29) is 5.91 Å². The van der Waals surface area contributed by atoms with Crippen LogP contribution in [0.25, 0.3) is 22.1 Å². The van der Waals surface area contributed by atoms with Crippen molar-refractivity contribution in [3.05, 3.63) is 97.2 Å². The fraction of sp³-hybridized carbons (Fsp3) is 0.138. The summed E-state index contributed by atoms with van der Waals surface area (Å²) in [6.45, 7) is 6.75. The summed E-state index contributed by atoms with van der Waals surface area (Å²) in [4.78, 5) is 27.4. The normalized spacial score (nSPS) is 13.4. The van der Waals surface area contributed by atoms with Gasteiger partial charge in [0.1, 0.15) is 23.3 Å². The number of benzene rings is 1. The van der Waals surface area contributed by atoms with Crippen molar-refractivity contribution in [3.8, 4) is 11.5 Å². The van der Waals surface area contributed by atoms with Crippen molar-refractivity contribution in [2.24, 2.45) is 0 Å². The van der Waals surface area contributed by atoms with Crippen molar-refractivity contribution in [2.45, 2.75) is 13.3 Å². The fourth-order valence-corrected chi connectivity index (χ4v) is 4.51. The Bertz CT molecular complexity index is 1720. The number of nitrogens with zero attached hydrogens (tertiary/aromatic N) is 6. The first-order valence-corrected chi connectivity index (χ1v) is 12.3. The summed E-state index contributed by atoms with van der Waals surface area (Å²) >= 11 is 0. The second-order valence-corrected chi connectivity index (χ2v) is 9.02. The molecule has 0 radical (unpaired) electrons. The van der Waals surface area contributed by atoms with E-state index in [0.29, 0.717) is 24.4 Å². The zero-order valence-electron chi connectivity index (χ0n) is 20.8. The van der Waals surface area contributed by atoms with Crippen LogP contribution in [0.15, 0.2) is 86.0 Å². The van der Waals surface area contributed by atoms with E-state index in [2.05, 4.69) is 27.0 Å². The maximum atomic E-state index is 11.9. The van der Waals surface area contributed by atoms with Crippen LogP contribution < -0.4 is 10.1 Å². The van der Waals surface area contributed by atoms with Crippen LogP contribution in [0, 0.1) is 6.92 Å². The van der Waals surface area contributed by atoms with Gasteiger partial charge in [0.15, 0.2) is 5.82 Å². The van der Waals surface area contributed by atoms with Crippen LogP contribution >= 0.6 is 0 Å². The highest BCUT2D eigenvalue weighted by Gasteiger charge is 2.17. The van der Waals surface area contributed by atoms with Crippen LogP contribution in [0.2, 0.25) is 0 Å². The molecule has 0 unspecified atom stereocenters. The Morgan fingerprint density at radius 3 is 2.87 bits per heavy atom. The van der Waals surface area contributed by atoms with Crippen LogP contribution in [-0.4, -0.2) is 48.5 Å². The third-order valence-electron chi connectivity index (χ3n) is 6.54. The molecule has 0 spiro atoms. The highest BCUT2D eigenvalue weighted by Crippen LogP contribution is 2.31. The van der Waals surface area contributed by atoms with Crippen molar-refractivity contribution in [1.29, 1.82) is 0 Å². The van der Waals surface area contributed by atoms with Crippen molar-refractivity contribution in [3.63, 3.8) is 0 Å². The fourth-order valence-electron chi connectivity index (χ4n) is 4.51. The number of aromatic nitrogens is 5. The molecule has 9 heteroatoms. The minimum atomic E-state index is -0.0576. The maximum absolute atomic E-state index is 11.9. The number of ether oxygens (including phenoxy) is 1. The van der Waals surface area contributed by atoms with Crippen LogP contribution in [0.4, 0.5) is 11.5 Å².